The molecule has 70 valence electrons. The van der Waals surface area contributed by atoms with Crippen LogP contribution in [0.2, 0.25) is 0 Å². The summed E-state index contributed by atoms with van der Waals surface area (Å²) in [5, 5.41) is 0. The average molecular weight is 190 g/mol. The van der Waals surface area contributed by atoms with Crippen LogP contribution in [0.25, 0.3) is 0 Å². The molecule has 0 aliphatic heterocycles. The standard InChI is InChI=1S/C10H6O4/c1-2-13-14-10(12)9-5-3-8(7-11)4-6-9/h1,3-7H. The molecule has 0 heterocycles. The molecule has 1 rings (SSSR count). The summed E-state index contributed by atoms with van der Waals surface area (Å²) < 4.78 is 0. The number of terminal acetylenes is 1. The molecule has 4 heteroatoms. The molecular formula is C10H6O4. The average Bonchev–Trinajstić information content (AvgIpc) is 2.26. The summed E-state index contributed by atoms with van der Waals surface area (Å²) in [5.41, 5.74) is 0.727. The molecule has 0 amide bonds. The van der Waals surface area contributed by atoms with E-state index in [-0.39, 0.29) is 5.56 Å². The molecule has 0 aliphatic carbocycles. The zero-order valence-electron chi connectivity index (χ0n) is 7.10. The van der Waals surface area contributed by atoms with Crippen LogP contribution in [0, 0.1) is 12.5 Å². The quantitative estimate of drug-likeness (QED) is 0.311. The third-order valence-electron chi connectivity index (χ3n) is 1.45. The maximum atomic E-state index is 11.1. The number of carbonyl (C=O) groups excluding carboxylic acids is 2. The van der Waals surface area contributed by atoms with Gasteiger partial charge in [0.1, 0.15) is 6.29 Å². The van der Waals surface area contributed by atoms with Crippen LogP contribution in [0.1, 0.15) is 20.7 Å². The van der Waals surface area contributed by atoms with Crippen molar-refractivity contribution in [2.24, 2.45) is 0 Å². The minimum absolute atomic E-state index is 0.255. The fraction of sp³-hybridized carbons (Fsp3) is 0. The van der Waals surface area contributed by atoms with Gasteiger partial charge in [0.2, 0.25) is 0 Å². The summed E-state index contributed by atoms with van der Waals surface area (Å²) in [4.78, 5) is 29.6. The van der Waals surface area contributed by atoms with Gasteiger partial charge in [0.25, 0.3) is 0 Å². The normalized spacial score (nSPS) is 8.50. The Morgan fingerprint density at radius 2 is 2.00 bits per heavy atom. The monoisotopic (exact) mass is 190 g/mol. The van der Waals surface area contributed by atoms with Crippen molar-refractivity contribution in [3.05, 3.63) is 35.4 Å². The van der Waals surface area contributed by atoms with Gasteiger partial charge in [-0.2, -0.15) is 0 Å². The Kier molecular flexibility index (Phi) is 3.27. The molecule has 0 fully saturated rings. The molecule has 0 N–H and O–H groups in total. The van der Waals surface area contributed by atoms with Crippen LogP contribution in [-0.2, 0) is 9.78 Å². The molecule has 4 nitrogen and oxygen atoms in total. The second-order valence-electron chi connectivity index (χ2n) is 2.31. The van der Waals surface area contributed by atoms with Gasteiger partial charge in [-0.05, 0) is 12.1 Å². The van der Waals surface area contributed by atoms with Gasteiger partial charge in [0.05, 0.1) is 5.56 Å². The number of rotatable bonds is 3. The molecule has 1 aromatic carbocycles. The Bertz CT molecular complexity index is 372. The lowest BCUT2D eigenvalue weighted by Gasteiger charge is -1.98. The van der Waals surface area contributed by atoms with Crippen molar-refractivity contribution in [2.75, 3.05) is 0 Å². The zero-order chi connectivity index (χ0) is 10.4. The fourth-order valence-corrected chi connectivity index (χ4v) is 0.808. The molecule has 0 unspecified atom stereocenters. The molecule has 0 spiro atoms. The van der Waals surface area contributed by atoms with Crippen LogP contribution < -0.4 is 0 Å². The SMILES string of the molecule is C#COOC(=O)c1ccc(C=O)cc1. The van der Waals surface area contributed by atoms with Crippen molar-refractivity contribution in [3.8, 4) is 12.5 Å². The van der Waals surface area contributed by atoms with Crippen molar-refractivity contribution >= 4 is 12.3 Å². The van der Waals surface area contributed by atoms with Gasteiger partial charge in [-0.25, -0.2) is 14.6 Å². The molecule has 0 saturated heterocycles. The van der Waals surface area contributed by atoms with E-state index in [0.29, 0.717) is 11.8 Å². The van der Waals surface area contributed by atoms with E-state index in [1.807, 2.05) is 0 Å². The van der Waals surface area contributed by atoms with Crippen molar-refractivity contribution in [1.29, 1.82) is 0 Å². The van der Waals surface area contributed by atoms with E-state index < -0.39 is 5.97 Å². The number of hydrogen-bond donors (Lipinski definition) is 0. The van der Waals surface area contributed by atoms with Gasteiger partial charge in [-0.3, -0.25) is 4.79 Å². The highest BCUT2D eigenvalue weighted by Gasteiger charge is 2.07. The predicted molar refractivity (Wildman–Crippen MR) is 47.2 cm³/mol. The Balaban J connectivity index is 2.72. The number of hydrogen-bond acceptors (Lipinski definition) is 4. The smallest absolute Gasteiger partial charge is 0.298 e. The van der Waals surface area contributed by atoms with E-state index in [2.05, 4.69) is 9.78 Å². The first-order valence-corrected chi connectivity index (χ1v) is 3.66. The van der Waals surface area contributed by atoms with E-state index in [0.717, 1.165) is 0 Å². The topological polar surface area (TPSA) is 52.6 Å². The van der Waals surface area contributed by atoms with E-state index in [4.69, 9.17) is 6.42 Å². The molecule has 0 aromatic heterocycles. The van der Waals surface area contributed by atoms with E-state index in [1.54, 1.807) is 6.11 Å². The minimum Gasteiger partial charge on any atom is -0.298 e. The van der Waals surface area contributed by atoms with Crippen LogP contribution in [0.3, 0.4) is 0 Å². The van der Waals surface area contributed by atoms with Crippen LogP contribution in [-0.4, -0.2) is 12.3 Å². The number of benzene rings is 1. The molecule has 0 radical (unpaired) electrons. The molecule has 0 atom stereocenters. The summed E-state index contributed by atoms with van der Waals surface area (Å²) in [6, 6.07) is 5.84. The van der Waals surface area contributed by atoms with Crippen LogP contribution in [0.15, 0.2) is 24.3 Å². The summed E-state index contributed by atoms with van der Waals surface area (Å²) >= 11 is 0. The van der Waals surface area contributed by atoms with Gasteiger partial charge in [0.15, 0.2) is 6.11 Å². The summed E-state index contributed by atoms with van der Waals surface area (Å²) in [6.45, 7) is 0. The zero-order valence-corrected chi connectivity index (χ0v) is 7.10. The first kappa shape index (κ1) is 9.81. The van der Waals surface area contributed by atoms with Crippen molar-refractivity contribution < 1.29 is 19.4 Å². The first-order valence-electron chi connectivity index (χ1n) is 3.66. The third-order valence-corrected chi connectivity index (χ3v) is 1.45. The summed E-state index contributed by atoms with van der Waals surface area (Å²) in [6.07, 6.45) is 7.07. The number of carbonyl (C=O) groups is 2. The second kappa shape index (κ2) is 4.67. The van der Waals surface area contributed by atoms with Gasteiger partial charge < -0.3 is 0 Å². The van der Waals surface area contributed by atoms with E-state index in [1.165, 1.54) is 24.3 Å². The molecule has 0 aliphatic rings. The fourth-order valence-electron chi connectivity index (χ4n) is 0.808. The Labute approximate surface area is 80.4 Å². The van der Waals surface area contributed by atoms with Crippen molar-refractivity contribution in [1.82, 2.24) is 0 Å². The Hall–Kier alpha value is -2.28. The predicted octanol–water partition coefficient (Wildman–Crippen LogP) is 1.18. The lowest BCUT2D eigenvalue weighted by Crippen LogP contribution is -2.03. The van der Waals surface area contributed by atoms with Crippen LogP contribution in [0.5, 0.6) is 0 Å². The number of aldehydes is 1. The van der Waals surface area contributed by atoms with Gasteiger partial charge in [0, 0.05) is 5.56 Å². The van der Waals surface area contributed by atoms with Gasteiger partial charge >= 0.3 is 5.97 Å². The molecular weight excluding hydrogens is 184 g/mol. The van der Waals surface area contributed by atoms with Gasteiger partial charge in [-0.1, -0.05) is 18.6 Å². The maximum absolute atomic E-state index is 11.1. The molecule has 1 aromatic rings. The van der Waals surface area contributed by atoms with Gasteiger partial charge in [-0.15, -0.1) is 0 Å². The first-order chi connectivity index (χ1) is 6.77. The molecule has 14 heavy (non-hydrogen) atoms. The lowest BCUT2D eigenvalue weighted by molar-refractivity contribution is -0.178. The Morgan fingerprint density at radius 1 is 1.36 bits per heavy atom. The maximum Gasteiger partial charge on any atom is 0.387 e. The molecule has 0 bridgehead atoms. The Morgan fingerprint density at radius 3 is 2.50 bits per heavy atom. The van der Waals surface area contributed by atoms with E-state index >= 15 is 0 Å². The van der Waals surface area contributed by atoms with Crippen molar-refractivity contribution in [3.63, 3.8) is 0 Å². The highest BCUT2D eigenvalue weighted by atomic mass is 17.2. The lowest BCUT2D eigenvalue weighted by atomic mass is 10.1. The summed E-state index contributed by atoms with van der Waals surface area (Å²) in [5.74, 6) is -0.708. The van der Waals surface area contributed by atoms with Crippen LogP contribution >= 0.6 is 0 Å². The van der Waals surface area contributed by atoms with Crippen molar-refractivity contribution in [2.45, 2.75) is 0 Å². The highest BCUT2D eigenvalue weighted by molar-refractivity contribution is 5.90. The largest absolute Gasteiger partial charge is 0.387 e. The minimum atomic E-state index is -0.708. The highest BCUT2D eigenvalue weighted by Crippen LogP contribution is 2.04. The second-order valence-corrected chi connectivity index (χ2v) is 2.31. The third kappa shape index (κ3) is 2.35. The summed E-state index contributed by atoms with van der Waals surface area (Å²) in [7, 11) is 0. The van der Waals surface area contributed by atoms with E-state index in [9.17, 15) is 9.59 Å². The van der Waals surface area contributed by atoms with Crippen LogP contribution in [0.4, 0.5) is 0 Å². The molecule has 0 saturated carbocycles.